The Balaban J connectivity index is 1.38. The molecule has 2 aliphatic carbocycles. The minimum absolute atomic E-state index is 0.0567. The predicted octanol–water partition coefficient (Wildman–Crippen LogP) is 4.51. The minimum Gasteiger partial charge on any atom is -0.490 e. The summed E-state index contributed by atoms with van der Waals surface area (Å²) in [5.41, 5.74) is 11.8. The quantitative estimate of drug-likeness (QED) is 0.423. The van der Waals surface area contributed by atoms with Crippen LogP contribution in [-0.2, 0) is 16.4 Å². The van der Waals surface area contributed by atoms with E-state index in [1.54, 1.807) is 18.3 Å². The fraction of sp³-hybridized carbons (Fsp3) is 0.357. The van der Waals surface area contributed by atoms with Gasteiger partial charge in [-0.1, -0.05) is 12.1 Å². The second-order valence-corrected chi connectivity index (χ2v) is 12.1. The molecule has 0 unspecified atom stereocenters. The van der Waals surface area contributed by atoms with Gasteiger partial charge in [0.2, 0.25) is 10.0 Å². The lowest BCUT2D eigenvalue weighted by atomic mass is 9.94. The summed E-state index contributed by atoms with van der Waals surface area (Å²) in [7, 11) is -3.38. The van der Waals surface area contributed by atoms with Crippen LogP contribution >= 0.6 is 0 Å². The number of pyridine rings is 1. The van der Waals surface area contributed by atoms with Crippen molar-refractivity contribution < 1.29 is 17.9 Å². The molecular weight excluding hydrogens is 488 g/mol. The van der Waals surface area contributed by atoms with E-state index in [-0.39, 0.29) is 17.3 Å². The Morgan fingerprint density at radius 1 is 0.946 bits per heavy atom. The number of anilines is 2. The van der Waals surface area contributed by atoms with Crippen LogP contribution in [0, 0.1) is 0 Å². The van der Waals surface area contributed by atoms with E-state index in [1.165, 1.54) is 0 Å². The molecule has 1 amide bonds. The Labute approximate surface area is 216 Å². The molecule has 2 heterocycles. The third kappa shape index (κ3) is 4.87. The fourth-order valence-corrected chi connectivity index (χ4v) is 6.56. The molecule has 1 aliphatic heterocycles. The van der Waals surface area contributed by atoms with E-state index >= 15 is 0 Å². The third-order valence-corrected chi connectivity index (χ3v) is 9.24. The lowest BCUT2D eigenvalue weighted by Gasteiger charge is -2.20. The van der Waals surface area contributed by atoms with E-state index in [9.17, 15) is 13.2 Å². The number of amides is 1. The molecule has 3 aromatic rings. The van der Waals surface area contributed by atoms with Crippen molar-refractivity contribution in [1.29, 1.82) is 0 Å². The van der Waals surface area contributed by atoms with Crippen molar-refractivity contribution in [3.8, 4) is 28.0 Å². The van der Waals surface area contributed by atoms with E-state index in [1.807, 2.05) is 30.3 Å². The average molecular weight is 519 g/mol. The normalized spacial score (nSPS) is 17.8. The number of nitrogens with zero attached hydrogens (tertiary/aromatic N) is 1. The topological polar surface area (TPSA) is 123 Å². The van der Waals surface area contributed by atoms with Gasteiger partial charge in [0.1, 0.15) is 11.6 Å². The highest BCUT2D eigenvalue weighted by Crippen LogP contribution is 2.39. The minimum atomic E-state index is -3.38. The van der Waals surface area contributed by atoms with Crippen LogP contribution in [0.4, 0.5) is 11.5 Å². The number of carbonyl (C=O) groups is 1. The number of fused-ring (bicyclic) bond motifs is 1. The van der Waals surface area contributed by atoms with Gasteiger partial charge in [0, 0.05) is 41.1 Å². The zero-order valence-electron chi connectivity index (χ0n) is 20.5. The Morgan fingerprint density at radius 2 is 1.73 bits per heavy atom. The van der Waals surface area contributed by atoms with Crippen LogP contribution in [0.5, 0.6) is 5.75 Å². The standard InChI is InChI=1S/C28H30N4O4S/c29-27-25(17-5-9-24-18(13-17)11-12-30-28(24)33)14-19(16-31-27)23-10-6-20(32-37(34,35)22-7-8-22)15-26(23)36-21-3-1-2-4-21/h5-6,9-10,13-16,21-22,32H,1-4,7-8,11-12H2,(H2,29,31)(H,30,33). The first-order valence-electron chi connectivity index (χ1n) is 12.9. The van der Waals surface area contributed by atoms with Crippen LogP contribution in [0.1, 0.15) is 54.4 Å². The van der Waals surface area contributed by atoms with E-state index in [4.69, 9.17) is 10.5 Å². The molecule has 2 aromatic carbocycles. The number of rotatable bonds is 7. The maximum atomic E-state index is 12.5. The number of nitrogens with two attached hydrogens (primary N) is 1. The Kier molecular flexibility index (Phi) is 6.03. The second kappa shape index (κ2) is 9.37. The summed E-state index contributed by atoms with van der Waals surface area (Å²) in [4.78, 5) is 16.6. The van der Waals surface area contributed by atoms with Crippen LogP contribution in [0.15, 0.2) is 48.7 Å². The summed E-state index contributed by atoms with van der Waals surface area (Å²) in [6.45, 7) is 0.613. The third-order valence-electron chi connectivity index (χ3n) is 7.37. The largest absolute Gasteiger partial charge is 0.490 e. The number of carbonyl (C=O) groups excluding carboxylic acids is 1. The number of hydrogen-bond acceptors (Lipinski definition) is 6. The molecule has 0 spiro atoms. The van der Waals surface area contributed by atoms with Crippen molar-refractivity contribution in [1.82, 2.24) is 10.3 Å². The van der Waals surface area contributed by atoms with E-state index < -0.39 is 10.0 Å². The molecule has 0 atom stereocenters. The molecule has 0 bridgehead atoms. The lowest BCUT2D eigenvalue weighted by molar-refractivity contribution is 0.0946. The first-order chi connectivity index (χ1) is 17.9. The summed E-state index contributed by atoms with van der Waals surface area (Å²) < 4.78 is 34.2. The van der Waals surface area contributed by atoms with E-state index in [0.29, 0.717) is 42.2 Å². The van der Waals surface area contributed by atoms with Crippen molar-refractivity contribution >= 4 is 27.4 Å². The smallest absolute Gasteiger partial charge is 0.251 e. The van der Waals surface area contributed by atoms with Gasteiger partial charge in [-0.3, -0.25) is 9.52 Å². The zero-order valence-corrected chi connectivity index (χ0v) is 21.3. The monoisotopic (exact) mass is 518 g/mol. The van der Waals surface area contributed by atoms with Gasteiger partial charge in [0.15, 0.2) is 0 Å². The molecular formula is C28H30N4O4S. The van der Waals surface area contributed by atoms with Gasteiger partial charge in [-0.25, -0.2) is 13.4 Å². The van der Waals surface area contributed by atoms with Crippen molar-refractivity contribution in [3.63, 3.8) is 0 Å². The van der Waals surface area contributed by atoms with Gasteiger partial charge in [-0.2, -0.15) is 0 Å². The molecule has 37 heavy (non-hydrogen) atoms. The summed E-state index contributed by atoms with van der Waals surface area (Å²) in [6.07, 6.45) is 8.18. The molecule has 6 rings (SSSR count). The van der Waals surface area contributed by atoms with Crippen molar-refractivity contribution in [2.24, 2.45) is 0 Å². The van der Waals surface area contributed by atoms with Crippen LogP contribution in [0.3, 0.4) is 0 Å². The summed E-state index contributed by atoms with van der Waals surface area (Å²) in [5, 5.41) is 2.56. The molecule has 9 heteroatoms. The molecule has 1 aromatic heterocycles. The number of sulfonamides is 1. The number of ether oxygens (including phenoxy) is 1. The molecule has 0 saturated heterocycles. The number of aromatic nitrogens is 1. The maximum Gasteiger partial charge on any atom is 0.251 e. The summed E-state index contributed by atoms with van der Waals surface area (Å²) in [5.74, 6) is 0.970. The Hall–Kier alpha value is -3.59. The predicted molar refractivity (Wildman–Crippen MR) is 144 cm³/mol. The molecule has 8 nitrogen and oxygen atoms in total. The molecule has 4 N–H and O–H groups in total. The average Bonchev–Trinajstić information content (AvgIpc) is 3.63. The van der Waals surface area contributed by atoms with Gasteiger partial charge in [-0.05, 0) is 80.3 Å². The number of nitrogens with one attached hydrogen (secondary N) is 2. The van der Waals surface area contributed by atoms with Gasteiger partial charge >= 0.3 is 0 Å². The second-order valence-electron chi connectivity index (χ2n) is 10.1. The van der Waals surface area contributed by atoms with Crippen LogP contribution in [-0.4, -0.2) is 37.2 Å². The van der Waals surface area contributed by atoms with Gasteiger partial charge in [0.05, 0.1) is 17.0 Å². The Bertz CT molecular complexity index is 1480. The first-order valence-corrected chi connectivity index (χ1v) is 14.4. The lowest BCUT2D eigenvalue weighted by Crippen LogP contribution is -2.31. The molecule has 3 aliphatic rings. The van der Waals surface area contributed by atoms with Crippen molar-refractivity contribution in [2.75, 3.05) is 17.0 Å². The van der Waals surface area contributed by atoms with Crippen LogP contribution in [0.2, 0.25) is 0 Å². The zero-order chi connectivity index (χ0) is 25.6. The van der Waals surface area contributed by atoms with Crippen molar-refractivity contribution in [2.45, 2.75) is 56.3 Å². The Morgan fingerprint density at radius 3 is 2.51 bits per heavy atom. The maximum absolute atomic E-state index is 12.5. The van der Waals surface area contributed by atoms with Crippen LogP contribution in [0.25, 0.3) is 22.3 Å². The van der Waals surface area contributed by atoms with E-state index in [2.05, 4.69) is 15.0 Å². The SMILES string of the molecule is Nc1ncc(-c2ccc(NS(=O)(=O)C3CC3)cc2OC2CCCC2)cc1-c1ccc2c(c1)CCNC2=O. The van der Waals surface area contributed by atoms with Gasteiger partial charge in [0.25, 0.3) is 5.91 Å². The molecule has 192 valence electrons. The highest BCUT2D eigenvalue weighted by molar-refractivity contribution is 7.93. The summed E-state index contributed by atoms with van der Waals surface area (Å²) in [6, 6.07) is 13.1. The van der Waals surface area contributed by atoms with Gasteiger partial charge in [-0.15, -0.1) is 0 Å². The van der Waals surface area contributed by atoms with Crippen molar-refractivity contribution in [3.05, 3.63) is 59.8 Å². The van der Waals surface area contributed by atoms with Gasteiger partial charge < -0.3 is 15.8 Å². The van der Waals surface area contributed by atoms with E-state index in [0.717, 1.165) is 59.9 Å². The highest BCUT2D eigenvalue weighted by Gasteiger charge is 2.36. The molecule has 2 saturated carbocycles. The summed E-state index contributed by atoms with van der Waals surface area (Å²) >= 11 is 0. The highest BCUT2D eigenvalue weighted by atomic mass is 32.2. The molecule has 2 fully saturated rings. The first kappa shape index (κ1) is 23.8. The number of hydrogen-bond donors (Lipinski definition) is 3. The molecule has 0 radical (unpaired) electrons. The van der Waals surface area contributed by atoms with Crippen LogP contribution < -0.4 is 20.5 Å². The number of benzene rings is 2. The number of nitrogen functional groups attached to an aromatic ring is 1. The fourth-order valence-electron chi connectivity index (χ4n) is 5.18.